The molecule has 0 saturated carbocycles. The van der Waals surface area contributed by atoms with Gasteiger partial charge in [0.2, 0.25) is 5.95 Å². The number of rotatable bonds is 7. The average molecular weight is 336 g/mol. The Hall–Kier alpha value is -3.12. The Morgan fingerprint density at radius 3 is 2.12 bits per heavy atom. The van der Waals surface area contributed by atoms with E-state index in [1.807, 2.05) is 48.5 Å². The highest BCUT2D eigenvalue weighted by molar-refractivity contribution is 5.63. The summed E-state index contributed by atoms with van der Waals surface area (Å²) in [6, 6.07) is 15.4. The number of methoxy groups -OCH3 is 1. The molecule has 0 atom stereocenters. The zero-order valence-electron chi connectivity index (χ0n) is 14.0. The van der Waals surface area contributed by atoms with Crippen LogP contribution in [-0.4, -0.2) is 30.2 Å². The molecule has 2 aromatic carbocycles. The Labute approximate surface area is 146 Å². The minimum absolute atomic E-state index is 0.494. The Kier molecular flexibility index (Phi) is 5.43. The van der Waals surface area contributed by atoms with Gasteiger partial charge < -0.3 is 20.5 Å². The first kappa shape index (κ1) is 16.7. The topological polar surface area (TPSA) is 82.3 Å². The van der Waals surface area contributed by atoms with Gasteiger partial charge in [-0.3, -0.25) is 0 Å². The molecule has 6 heteroatoms. The van der Waals surface area contributed by atoms with Crippen molar-refractivity contribution in [3.05, 3.63) is 60.9 Å². The molecule has 25 heavy (non-hydrogen) atoms. The Balaban J connectivity index is 1.65. The molecule has 3 rings (SSSR count). The fourth-order valence-corrected chi connectivity index (χ4v) is 2.27. The maximum absolute atomic E-state index is 5.45. The molecule has 0 spiro atoms. The molecule has 1 aromatic heterocycles. The average Bonchev–Trinajstić information content (AvgIpc) is 2.68. The summed E-state index contributed by atoms with van der Waals surface area (Å²) in [7, 11) is 1.65. The first-order valence-corrected chi connectivity index (χ1v) is 7.95. The van der Waals surface area contributed by atoms with E-state index in [1.54, 1.807) is 19.5 Å². The van der Waals surface area contributed by atoms with Gasteiger partial charge in [0.25, 0.3) is 0 Å². The summed E-state index contributed by atoms with van der Waals surface area (Å²) in [6.07, 6.45) is 3.58. The van der Waals surface area contributed by atoms with Crippen LogP contribution >= 0.6 is 0 Å². The van der Waals surface area contributed by atoms with Gasteiger partial charge in [-0.25, -0.2) is 9.97 Å². The SMILES string of the molecule is COc1ccc(-c2cnc(Nc3ccc(OCCN)cc3)nc2)cc1. The number of nitrogens with zero attached hydrogens (tertiary/aromatic N) is 2. The van der Waals surface area contributed by atoms with Crippen LogP contribution in [0.3, 0.4) is 0 Å². The fourth-order valence-electron chi connectivity index (χ4n) is 2.27. The maximum Gasteiger partial charge on any atom is 0.227 e. The minimum atomic E-state index is 0.494. The summed E-state index contributed by atoms with van der Waals surface area (Å²) in [6.45, 7) is 0.997. The van der Waals surface area contributed by atoms with Crippen LogP contribution in [-0.2, 0) is 0 Å². The van der Waals surface area contributed by atoms with E-state index in [1.165, 1.54) is 0 Å². The van der Waals surface area contributed by atoms with Gasteiger partial charge >= 0.3 is 0 Å². The molecule has 3 aromatic rings. The van der Waals surface area contributed by atoms with Crippen molar-refractivity contribution in [3.8, 4) is 22.6 Å². The molecule has 128 valence electrons. The van der Waals surface area contributed by atoms with Crippen LogP contribution in [0.15, 0.2) is 60.9 Å². The van der Waals surface area contributed by atoms with E-state index in [-0.39, 0.29) is 0 Å². The lowest BCUT2D eigenvalue weighted by Crippen LogP contribution is -2.10. The third-order valence-electron chi connectivity index (χ3n) is 3.57. The number of ether oxygens (including phenoxy) is 2. The van der Waals surface area contributed by atoms with Crippen molar-refractivity contribution in [3.63, 3.8) is 0 Å². The van der Waals surface area contributed by atoms with Gasteiger partial charge in [0.1, 0.15) is 18.1 Å². The highest BCUT2D eigenvalue weighted by Crippen LogP contribution is 2.22. The lowest BCUT2D eigenvalue weighted by Gasteiger charge is -2.08. The lowest BCUT2D eigenvalue weighted by molar-refractivity contribution is 0.328. The van der Waals surface area contributed by atoms with Gasteiger partial charge in [-0.2, -0.15) is 0 Å². The van der Waals surface area contributed by atoms with Crippen molar-refractivity contribution in [2.24, 2.45) is 5.73 Å². The molecule has 3 N–H and O–H groups in total. The van der Waals surface area contributed by atoms with Crippen molar-refractivity contribution in [1.82, 2.24) is 9.97 Å². The first-order valence-electron chi connectivity index (χ1n) is 7.95. The van der Waals surface area contributed by atoms with Gasteiger partial charge in [0, 0.05) is 30.2 Å². The molecule has 0 aliphatic heterocycles. The standard InChI is InChI=1S/C19H20N4O2/c1-24-17-6-2-14(3-7-17)15-12-21-19(22-13-15)23-16-4-8-18(9-5-16)25-11-10-20/h2-9,12-13H,10-11,20H2,1H3,(H,21,22,23). The third kappa shape index (κ3) is 4.45. The minimum Gasteiger partial charge on any atom is -0.497 e. The molecule has 0 fully saturated rings. The van der Waals surface area contributed by atoms with Crippen molar-refractivity contribution in [2.75, 3.05) is 25.6 Å². The molecule has 0 saturated heterocycles. The summed E-state index contributed by atoms with van der Waals surface area (Å²) < 4.78 is 10.6. The number of hydrogen-bond acceptors (Lipinski definition) is 6. The van der Waals surface area contributed by atoms with E-state index >= 15 is 0 Å². The van der Waals surface area contributed by atoms with Crippen molar-refractivity contribution >= 4 is 11.6 Å². The van der Waals surface area contributed by atoms with Crippen molar-refractivity contribution in [2.45, 2.75) is 0 Å². The van der Waals surface area contributed by atoms with Crippen LogP contribution in [0.5, 0.6) is 11.5 Å². The molecule has 1 heterocycles. The monoisotopic (exact) mass is 336 g/mol. The fraction of sp³-hybridized carbons (Fsp3) is 0.158. The number of nitrogens with one attached hydrogen (secondary N) is 1. The number of aromatic nitrogens is 2. The highest BCUT2D eigenvalue weighted by Gasteiger charge is 2.02. The molecule has 0 radical (unpaired) electrons. The molecule has 0 unspecified atom stereocenters. The van der Waals surface area contributed by atoms with Gasteiger partial charge in [-0.15, -0.1) is 0 Å². The summed E-state index contributed by atoms with van der Waals surface area (Å²) in [5.74, 6) is 2.14. The summed E-state index contributed by atoms with van der Waals surface area (Å²) >= 11 is 0. The van der Waals surface area contributed by atoms with Crippen LogP contribution in [0.25, 0.3) is 11.1 Å². The van der Waals surface area contributed by atoms with E-state index in [0.29, 0.717) is 19.1 Å². The summed E-state index contributed by atoms with van der Waals surface area (Å²) in [5.41, 5.74) is 8.28. The second-order valence-corrected chi connectivity index (χ2v) is 5.31. The Morgan fingerprint density at radius 1 is 0.880 bits per heavy atom. The Morgan fingerprint density at radius 2 is 1.52 bits per heavy atom. The van der Waals surface area contributed by atoms with Crippen LogP contribution < -0.4 is 20.5 Å². The number of nitrogens with two attached hydrogens (primary N) is 1. The van der Waals surface area contributed by atoms with E-state index in [4.69, 9.17) is 15.2 Å². The normalized spacial score (nSPS) is 10.3. The third-order valence-corrected chi connectivity index (χ3v) is 3.57. The van der Waals surface area contributed by atoms with E-state index in [0.717, 1.165) is 28.3 Å². The smallest absolute Gasteiger partial charge is 0.227 e. The van der Waals surface area contributed by atoms with Gasteiger partial charge in [0.15, 0.2) is 0 Å². The molecule has 6 nitrogen and oxygen atoms in total. The van der Waals surface area contributed by atoms with Crippen LogP contribution in [0.1, 0.15) is 0 Å². The molecule has 0 aliphatic carbocycles. The second-order valence-electron chi connectivity index (χ2n) is 5.31. The number of benzene rings is 2. The van der Waals surface area contributed by atoms with Crippen LogP contribution in [0.2, 0.25) is 0 Å². The van der Waals surface area contributed by atoms with Crippen molar-refractivity contribution in [1.29, 1.82) is 0 Å². The van der Waals surface area contributed by atoms with E-state index < -0.39 is 0 Å². The van der Waals surface area contributed by atoms with E-state index in [9.17, 15) is 0 Å². The van der Waals surface area contributed by atoms with Gasteiger partial charge in [0.05, 0.1) is 7.11 Å². The highest BCUT2D eigenvalue weighted by atomic mass is 16.5. The predicted octanol–water partition coefficient (Wildman–Crippen LogP) is 3.23. The second kappa shape index (κ2) is 8.12. The number of hydrogen-bond donors (Lipinski definition) is 2. The van der Waals surface area contributed by atoms with E-state index in [2.05, 4.69) is 15.3 Å². The molecule has 0 aliphatic rings. The molecule has 0 bridgehead atoms. The lowest BCUT2D eigenvalue weighted by atomic mass is 10.1. The molecular formula is C19H20N4O2. The maximum atomic E-state index is 5.45. The van der Waals surface area contributed by atoms with Gasteiger partial charge in [-0.1, -0.05) is 12.1 Å². The van der Waals surface area contributed by atoms with Crippen LogP contribution in [0.4, 0.5) is 11.6 Å². The summed E-state index contributed by atoms with van der Waals surface area (Å²) in [5, 5.41) is 3.16. The largest absolute Gasteiger partial charge is 0.497 e. The van der Waals surface area contributed by atoms with Gasteiger partial charge in [-0.05, 0) is 42.0 Å². The summed E-state index contributed by atoms with van der Waals surface area (Å²) in [4.78, 5) is 8.73. The van der Waals surface area contributed by atoms with Crippen molar-refractivity contribution < 1.29 is 9.47 Å². The predicted molar refractivity (Wildman–Crippen MR) is 98.3 cm³/mol. The molecular weight excluding hydrogens is 316 g/mol. The zero-order valence-corrected chi connectivity index (χ0v) is 14.0. The zero-order chi connectivity index (χ0) is 17.5. The molecule has 0 amide bonds. The quantitative estimate of drug-likeness (QED) is 0.689. The van der Waals surface area contributed by atoms with Crippen LogP contribution in [0, 0.1) is 0 Å². The number of anilines is 2. The first-order chi connectivity index (χ1) is 12.3. The Bertz CT molecular complexity index is 787.